The van der Waals surface area contributed by atoms with E-state index in [0.717, 1.165) is 24.5 Å². The number of nitrogens with one attached hydrogen (secondary N) is 3. The Morgan fingerprint density at radius 2 is 1.71 bits per heavy atom. The van der Waals surface area contributed by atoms with E-state index in [4.69, 9.17) is 4.42 Å². The largest absolute Gasteiger partial charge is 0.472 e. The third-order valence-electron chi connectivity index (χ3n) is 4.26. The van der Waals surface area contributed by atoms with Crippen molar-refractivity contribution in [2.24, 2.45) is 0 Å². The maximum atomic E-state index is 13.6. The zero-order valence-electron chi connectivity index (χ0n) is 16.1. The SMILES string of the molecule is Cc1ccc(NC(=O)CNc2ccc(NC(=O)c3ccoc3)cc2C(F)(F)F)cc1F. The van der Waals surface area contributed by atoms with Gasteiger partial charge in [0.05, 0.1) is 23.9 Å². The molecule has 10 heteroatoms. The summed E-state index contributed by atoms with van der Waals surface area (Å²) in [5.74, 6) is -1.81. The molecule has 0 saturated heterocycles. The smallest absolute Gasteiger partial charge is 0.418 e. The molecule has 0 atom stereocenters. The molecule has 6 nitrogen and oxygen atoms in total. The van der Waals surface area contributed by atoms with Gasteiger partial charge >= 0.3 is 6.18 Å². The topological polar surface area (TPSA) is 83.4 Å². The summed E-state index contributed by atoms with van der Waals surface area (Å²) in [4.78, 5) is 24.1. The summed E-state index contributed by atoms with van der Waals surface area (Å²) in [6.45, 7) is 1.07. The average molecular weight is 435 g/mol. The van der Waals surface area contributed by atoms with Gasteiger partial charge in [0.25, 0.3) is 5.91 Å². The highest BCUT2D eigenvalue weighted by molar-refractivity contribution is 6.04. The third kappa shape index (κ3) is 5.62. The number of aryl methyl sites for hydroxylation is 1. The van der Waals surface area contributed by atoms with Crippen LogP contribution in [-0.4, -0.2) is 18.4 Å². The van der Waals surface area contributed by atoms with Crippen LogP contribution in [0.3, 0.4) is 0 Å². The molecule has 2 aromatic carbocycles. The standard InChI is InChI=1S/C21H17F4N3O3/c1-12-2-3-15(9-17(12)22)27-19(29)10-26-18-5-4-14(8-16(18)21(23,24)25)28-20(30)13-6-7-31-11-13/h2-9,11,26H,10H2,1H3,(H,27,29)(H,28,30). The Hall–Kier alpha value is -3.82. The first-order valence-corrected chi connectivity index (χ1v) is 8.98. The highest BCUT2D eigenvalue weighted by Crippen LogP contribution is 2.36. The molecule has 3 rings (SSSR count). The van der Waals surface area contributed by atoms with E-state index in [1.54, 1.807) is 6.92 Å². The Labute approximate surface area is 174 Å². The van der Waals surface area contributed by atoms with Crippen molar-refractivity contribution in [2.45, 2.75) is 13.1 Å². The molecular weight excluding hydrogens is 418 g/mol. The number of anilines is 3. The highest BCUT2D eigenvalue weighted by atomic mass is 19.4. The van der Waals surface area contributed by atoms with Gasteiger partial charge in [0.1, 0.15) is 12.1 Å². The Morgan fingerprint density at radius 1 is 1.00 bits per heavy atom. The predicted octanol–water partition coefficient (Wildman–Crippen LogP) is 5.05. The van der Waals surface area contributed by atoms with Gasteiger partial charge in [0.15, 0.2) is 0 Å². The van der Waals surface area contributed by atoms with E-state index in [1.165, 1.54) is 30.5 Å². The van der Waals surface area contributed by atoms with Crippen molar-refractivity contribution in [1.82, 2.24) is 0 Å². The van der Waals surface area contributed by atoms with Crippen molar-refractivity contribution in [3.8, 4) is 0 Å². The lowest BCUT2D eigenvalue weighted by Gasteiger charge is -2.16. The number of benzene rings is 2. The molecule has 162 valence electrons. The molecule has 0 aliphatic heterocycles. The van der Waals surface area contributed by atoms with Crippen LogP contribution in [0.1, 0.15) is 21.5 Å². The number of halogens is 4. The van der Waals surface area contributed by atoms with Crippen LogP contribution in [0.25, 0.3) is 0 Å². The number of hydrogen-bond acceptors (Lipinski definition) is 4. The van der Waals surface area contributed by atoms with Gasteiger partial charge in [0.2, 0.25) is 5.91 Å². The summed E-state index contributed by atoms with van der Waals surface area (Å²) in [6, 6.07) is 8.56. The van der Waals surface area contributed by atoms with Crippen LogP contribution in [-0.2, 0) is 11.0 Å². The molecule has 3 aromatic rings. The average Bonchev–Trinajstić information content (AvgIpc) is 3.24. The molecule has 0 aliphatic carbocycles. The molecule has 31 heavy (non-hydrogen) atoms. The summed E-state index contributed by atoms with van der Waals surface area (Å²) in [6.07, 6.45) is -2.32. The summed E-state index contributed by atoms with van der Waals surface area (Å²) >= 11 is 0. The predicted molar refractivity (Wildman–Crippen MR) is 106 cm³/mol. The van der Waals surface area contributed by atoms with Crippen molar-refractivity contribution in [2.75, 3.05) is 22.5 Å². The van der Waals surface area contributed by atoms with Crippen LogP contribution in [0.4, 0.5) is 34.6 Å². The number of carbonyl (C=O) groups is 2. The first-order chi connectivity index (χ1) is 14.6. The lowest BCUT2D eigenvalue weighted by Crippen LogP contribution is -2.23. The lowest BCUT2D eigenvalue weighted by atomic mass is 10.1. The number of rotatable bonds is 6. The summed E-state index contributed by atoms with van der Waals surface area (Å²) < 4.78 is 58.8. The summed E-state index contributed by atoms with van der Waals surface area (Å²) in [5, 5.41) is 7.17. The highest BCUT2D eigenvalue weighted by Gasteiger charge is 2.34. The molecular formula is C21H17F4N3O3. The Balaban J connectivity index is 1.70. The van der Waals surface area contributed by atoms with Crippen molar-refractivity contribution < 1.29 is 31.6 Å². The minimum Gasteiger partial charge on any atom is -0.472 e. The van der Waals surface area contributed by atoms with Crippen molar-refractivity contribution in [3.63, 3.8) is 0 Å². The monoisotopic (exact) mass is 435 g/mol. The Kier molecular flexibility index (Phi) is 6.28. The fourth-order valence-electron chi connectivity index (χ4n) is 2.66. The molecule has 1 aromatic heterocycles. The first-order valence-electron chi connectivity index (χ1n) is 8.98. The van der Waals surface area contributed by atoms with Gasteiger partial charge in [-0.3, -0.25) is 9.59 Å². The molecule has 0 spiro atoms. The van der Waals surface area contributed by atoms with Crippen LogP contribution in [0, 0.1) is 12.7 Å². The van der Waals surface area contributed by atoms with Crippen molar-refractivity contribution >= 4 is 28.9 Å². The van der Waals surface area contributed by atoms with Crippen LogP contribution in [0.2, 0.25) is 0 Å². The van der Waals surface area contributed by atoms with E-state index < -0.39 is 35.9 Å². The fourth-order valence-corrected chi connectivity index (χ4v) is 2.66. The Bertz CT molecular complexity index is 1100. The van der Waals surface area contributed by atoms with Gasteiger partial charge in [-0.25, -0.2) is 4.39 Å². The molecule has 0 radical (unpaired) electrons. The van der Waals surface area contributed by atoms with Gasteiger partial charge in [-0.1, -0.05) is 6.07 Å². The Morgan fingerprint density at radius 3 is 2.35 bits per heavy atom. The number of hydrogen-bond donors (Lipinski definition) is 3. The van der Waals surface area contributed by atoms with E-state index in [0.29, 0.717) is 5.56 Å². The molecule has 0 saturated carbocycles. The lowest BCUT2D eigenvalue weighted by molar-refractivity contribution is -0.137. The molecule has 3 N–H and O–H groups in total. The maximum absolute atomic E-state index is 13.6. The number of alkyl halides is 3. The van der Waals surface area contributed by atoms with Crippen molar-refractivity contribution in [3.05, 3.63) is 77.5 Å². The van der Waals surface area contributed by atoms with E-state index >= 15 is 0 Å². The summed E-state index contributed by atoms with van der Waals surface area (Å²) in [7, 11) is 0. The molecule has 0 unspecified atom stereocenters. The first kappa shape index (κ1) is 21.9. The fraction of sp³-hybridized carbons (Fsp3) is 0.143. The molecule has 1 heterocycles. The molecule has 0 fully saturated rings. The minimum atomic E-state index is -4.74. The number of carbonyl (C=O) groups excluding carboxylic acids is 2. The second-order valence-electron chi connectivity index (χ2n) is 6.59. The van der Waals surface area contributed by atoms with Crippen LogP contribution < -0.4 is 16.0 Å². The third-order valence-corrected chi connectivity index (χ3v) is 4.26. The summed E-state index contributed by atoms with van der Waals surface area (Å²) in [5.41, 5.74) is -0.761. The van der Waals surface area contributed by atoms with E-state index in [-0.39, 0.29) is 22.6 Å². The van der Waals surface area contributed by atoms with Crippen molar-refractivity contribution in [1.29, 1.82) is 0 Å². The number of furan rings is 1. The van der Waals surface area contributed by atoms with Crippen LogP contribution >= 0.6 is 0 Å². The molecule has 2 amide bonds. The van der Waals surface area contributed by atoms with Gasteiger partial charge in [-0.05, 0) is 48.9 Å². The van der Waals surface area contributed by atoms with Crippen LogP contribution in [0.15, 0.2) is 59.4 Å². The molecule has 0 bridgehead atoms. The second-order valence-corrected chi connectivity index (χ2v) is 6.59. The number of amides is 2. The second kappa shape index (κ2) is 8.90. The zero-order chi connectivity index (χ0) is 22.6. The minimum absolute atomic E-state index is 0.0799. The normalized spacial score (nSPS) is 11.1. The molecule has 0 aliphatic rings. The van der Waals surface area contributed by atoms with E-state index in [2.05, 4.69) is 16.0 Å². The van der Waals surface area contributed by atoms with Crippen LogP contribution in [0.5, 0.6) is 0 Å². The maximum Gasteiger partial charge on any atom is 0.418 e. The van der Waals surface area contributed by atoms with Gasteiger partial charge < -0.3 is 20.4 Å². The quantitative estimate of drug-likeness (QED) is 0.474. The van der Waals surface area contributed by atoms with Gasteiger partial charge in [-0.15, -0.1) is 0 Å². The van der Waals surface area contributed by atoms with Gasteiger partial charge in [0, 0.05) is 17.1 Å². The van der Waals surface area contributed by atoms with E-state index in [1.807, 2.05) is 0 Å². The zero-order valence-corrected chi connectivity index (χ0v) is 16.1. The van der Waals surface area contributed by atoms with E-state index in [9.17, 15) is 27.2 Å². The van der Waals surface area contributed by atoms with Gasteiger partial charge in [-0.2, -0.15) is 13.2 Å².